The molecule has 0 aromatic carbocycles. The summed E-state index contributed by atoms with van der Waals surface area (Å²) in [6.45, 7) is 3.14. The van der Waals surface area contributed by atoms with E-state index >= 15 is 0 Å². The van der Waals surface area contributed by atoms with Crippen molar-refractivity contribution in [3.63, 3.8) is 0 Å². The zero-order valence-electron chi connectivity index (χ0n) is 9.63. The molecule has 2 rings (SSSR count). The molecular formula is C12H14N4O. The lowest BCUT2D eigenvalue weighted by molar-refractivity contribution is 0.718. The quantitative estimate of drug-likeness (QED) is 0.859. The van der Waals surface area contributed by atoms with Crippen LogP contribution in [0.1, 0.15) is 12.5 Å². The Labute approximate surface area is 99.2 Å². The Kier molecular flexibility index (Phi) is 3.49. The monoisotopic (exact) mass is 230 g/mol. The molecule has 0 atom stereocenters. The van der Waals surface area contributed by atoms with Crippen LogP contribution in [0.3, 0.4) is 0 Å². The van der Waals surface area contributed by atoms with Crippen LogP contribution in [0.5, 0.6) is 0 Å². The van der Waals surface area contributed by atoms with Gasteiger partial charge >= 0.3 is 0 Å². The van der Waals surface area contributed by atoms with Gasteiger partial charge in [-0.3, -0.25) is 9.78 Å². The Morgan fingerprint density at radius 2 is 2.06 bits per heavy atom. The van der Waals surface area contributed by atoms with Gasteiger partial charge in [0.2, 0.25) is 0 Å². The van der Waals surface area contributed by atoms with Gasteiger partial charge < -0.3 is 9.88 Å². The lowest BCUT2D eigenvalue weighted by Crippen LogP contribution is -2.23. The Morgan fingerprint density at radius 3 is 2.76 bits per heavy atom. The van der Waals surface area contributed by atoms with E-state index in [1.54, 1.807) is 29.4 Å². The zero-order valence-corrected chi connectivity index (χ0v) is 9.63. The maximum Gasteiger partial charge on any atom is 0.293 e. The predicted molar refractivity (Wildman–Crippen MR) is 65.7 cm³/mol. The molecule has 0 aliphatic rings. The second-order valence-corrected chi connectivity index (χ2v) is 3.58. The maximum absolute atomic E-state index is 11.8. The Morgan fingerprint density at radius 1 is 1.29 bits per heavy atom. The molecule has 1 N–H and O–H groups in total. The van der Waals surface area contributed by atoms with Crippen molar-refractivity contribution in [1.82, 2.24) is 14.5 Å². The Bertz CT molecular complexity index is 536. The summed E-state index contributed by atoms with van der Waals surface area (Å²) in [5, 5.41) is 3.03. The number of hydrogen-bond acceptors (Lipinski definition) is 4. The lowest BCUT2D eigenvalue weighted by Gasteiger charge is -2.07. The summed E-state index contributed by atoms with van der Waals surface area (Å²) in [5.74, 6) is 0.381. The average Bonchev–Trinajstić information content (AvgIpc) is 2.39. The molecule has 0 bridgehead atoms. The van der Waals surface area contributed by atoms with E-state index in [0.717, 1.165) is 5.56 Å². The number of hydrogen-bond donors (Lipinski definition) is 1. The van der Waals surface area contributed by atoms with Crippen molar-refractivity contribution in [2.45, 2.75) is 20.0 Å². The minimum absolute atomic E-state index is 0.0935. The summed E-state index contributed by atoms with van der Waals surface area (Å²) < 4.78 is 1.61. The molecule has 0 aliphatic carbocycles. The topological polar surface area (TPSA) is 59.8 Å². The van der Waals surface area contributed by atoms with Crippen molar-refractivity contribution in [1.29, 1.82) is 0 Å². The van der Waals surface area contributed by atoms with Crippen molar-refractivity contribution in [3.8, 4) is 0 Å². The van der Waals surface area contributed by atoms with Gasteiger partial charge in [0.25, 0.3) is 5.56 Å². The molecule has 0 amide bonds. The molecule has 0 saturated heterocycles. The predicted octanol–water partition coefficient (Wildman–Crippen LogP) is 1.27. The fourth-order valence-corrected chi connectivity index (χ4v) is 1.50. The minimum Gasteiger partial charge on any atom is -0.361 e. The molecular weight excluding hydrogens is 216 g/mol. The first kappa shape index (κ1) is 11.3. The Balaban J connectivity index is 2.12. The molecule has 0 fully saturated rings. The number of pyridine rings is 1. The van der Waals surface area contributed by atoms with E-state index in [2.05, 4.69) is 15.3 Å². The van der Waals surface area contributed by atoms with Gasteiger partial charge in [-0.25, -0.2) is 4.98 Å². The highest BCUT2D eigenvalue weighted by molar-refractivity contribution is 5.32. The SMILES string of the molecule is CCn1ccnc(NCc2ccncc2)c1=O. The fraction of sp³-hybridized carbons (Fsp3) is 0.250. The molecule has 0 radical (unpaired) electrons. The highest BCUT2D eigenvalue weighted by Gasteiger charge is 2.02. The summed E-state index contributed by atoms with van der Waals surface area (Å²) in [4.78, 5) is 19.8. The normalized spacial score (nSPS) is 10.2. The summed E-state index contributed by atoms with van der Waals surface area (Å²) in [5.41, 5.74) is 0.970. The van der Waals surface area contributed by atoms with Gasteiger partial charge in [-0.1, -0.05) is 0 Å². The van der Waals surface area contributed by atoms with Crippen molar-refractivity contribution < 1.29 is 0 Å². The summed E-state index contributed by atoms with van der Waals surface area (Å²) in [7, 11) is 0. The third-order valence-corrected chi connectivity index (χ3v) is 2.46. The fourth-order valence-electron chi connectivity index (χ4n) is 1.50. The van der Waals surface area contributed by atoms with Gasteiger partial charge in [0, 0.05) is 37.9 Å². The van der Waals surface area contributed by atoms with Crippen LogP contribution in [0.4, 0.5) is 5.82 Å². The van der Waals surface area contributed by atoms with Crippen LogP contribution in [0.25, 0.3) is 0 Å². The molecule has 0 unspecified atom stereocenters. The van der Waals surface area contributed by atoms with Gasteiger partial charge in [-0.05, 0) is 24.6 Å². The Hall–Kier alpha value is -2.17. The van der Waals surface area contributed by atoms with Crippen LogP contribution >= 0.6 is 0 Å². The smallest absolute Gasteiger partial charge is 0.293 e. The molecule has 0 saturated carbocycles. The minimum atomic E-state index is -0.0935. The van der Waals surface area contributed by atoms with E-state index in [0.29, 0.717) is 18.9 Å². The van der Waals surface area contributed by atoms with Gasteiger partial charge in [0.1, 0.15) is 0 Å². The third-order valence-electron chi connectivity index (χ3n) is 2.46. The van der Waals surface area contributed by atoms with Crippen LogP contribution in [-0.4, -0.2) is 14.5 Å². The van der Waals surface area contributed by atoms with Crippen molar-refractivity contribution in [3.05, 3.63) is 52.8 Å². The van der Waals surface area contributed by atoms with Crippen molar-refractivity contribution in [2.75, 3.05) is 5.32 Å². The summed E-state index contributed by atoms with van der Waals surface area (Å²) >= 11 is 0. The van der Waals surface area contributed by atoms with E-state index in [1.807, 2.05) is 19.1 Å². The van der Waals surface area contributed by atoms with E-state index in [9.17, 15) is 4.79 Å². The lowest BCUT2D eigenvalue weighted by atomic mass is 10.3. The molecule has 88 valence electrons. The highest BCUT2D eigenvalue weighted by Crippen LogP contribution is 2.00. The van der Waals surface area contributed by atoms with Gasteiger partial charge in [0.15, 0.2) is 5.82 Å². The van der Waals surface area contributed by atoms with Crippen molar-refractivity contribution in [2.24, 2.45) is 0 Å². The molecule has 5 nitrogen and oxygen atoms in total. The standard InChI is InChI=1S/C12H14N4O/c1-2-16-8-7-14-11(12(16)17)15-9-10-3-5-13-6-4-10/h3-8H,2,9H2,1H3,(H,14,15). The van der Waals surface area contributed by atoms with Gasteiger partial charge in [-0.2, -0.15) is 0 Å². The van der Waals surface area contributed by atoms with Gasteiger partial charge in [-0.15, -0.1) is 0 Å². The third kappa shape index (κ3) is 2.69. The van der Waals surface area contributed by atoms with Crippen LogP contribution in [0.2, 0.25) is 0 Å². The second kappa shape index (κ2) is 5.25. The van der Waals surface area contributed by atoms with E-state index in [-0.39, 0.29) is 5.56 Å². The summed E-state index contributed by atoms with van der Waals surface area (Å²) in [6, 6.07) is 3.79. The van der Waals surface area contributed by atoms with Crippen LogP contribution in [-0.2, 0) is 13.1 Å². The first-order valence-electron chi connectivity index (χ1n) is 5.49. The zero-order chi connectivity index (χ0) is 12.1. The van der Waals surface area contributed by atoms with Crippen molar-refractivity contribution >= 4 is 5.82 Å². The first-order valence-corrected chi connectivity index (χ1v) is 5.49. The van der Waals surface area contributed by atoms with E-state index < -0.39 is 0 Å². The summed E-state index contributed by atoms with van der Waals surface area (Å²) in [6.07, 6.45) is 6.75. The number of rotatable bonds is 4. The molecule has 0 spiro atoms. The average molecular weight is 230 g/mol. The molecule has 2 aromatic rings. The van der Waals surface area contributed by atoms with Crippen LogP contribution in [0, 0.1) is 0 Å². The molecule has 5 heteroatoms. The van der Waals surface area contributed by atoms with Crippen LogP contribution in [0.15, 0.2) is 41.7 Å². The highest BCUT2D eigenvalue weighted by atomic mass is 16.1. The maximum atomic E-state index is 11.8. The first-order chi connectivity index (χ1) is 8.31. The molecule has 2 heterocycles. The number of nitrogens with one attached hydrogen (secondary N) is 1. The van der Waals surface area contributed by atoms with E-state index in [4.69, 9.17) is 0 Å². The molecule has 0 aliphatic heterocycles. The largest absolute Gasteiger partial charge is 0.361 e. The van der Waals surface area contributed by atoms with E-state index in [1.165, 1.54) is 0 Å². The number of anilines is 1. The molecule has 2 aromatic heterocycles. The number of nitrogens with zero attached hydrogens (tertiary/aromatic N) is 3. The van der Waals surface area contributed by atoms with Gasteiger partial charge in [0.05, 0.1) is 0 Å². The number of aryl methyl sites for hydroxylation is 1. The van der Waals surface area contributed by atoms with Crippen LogP contribution < -0.4 is 10.9 Å². The molecule has 17 heavy (non-hydrogen) atoms. The second-order valence-electron chi connectivity index (χ2n) is 3.58. The number of aromatic nitrogens is 3.